The second kappa shape index (κ2) is 8.64. The number of ether oxygens (including phenoxy) is 2. The summed E-state index contributed by atoms with van der Waals surface area (Å²) in [5.41, 5.74) is -2.52. The molecule has 9 nitrogen and oxygen atoms in total. The van der Waals surface area contributed by atoms with E-state index in [0.29, 0.717) is 10.5 Å². The van der Waals surface area contributed by atoms with Crippen molar-refractivity contribution >= 4 is 18.0 Å². The van der Waals surface area contributed by atoms with Crippen molar-refractivity contribution in [2.45, 2.75) is 59.2 Å². The van der Waals surface area contributed by atoms with Gasteiger partial charge in [0.25, 0.3) is 6.43 Å². The highest BCUT2D eigenvalue weighted by atomic mass is 19.3. The van der Waals surface area contributed by atoms with Crippen LogP contribution in [0.4, 0.5) is 24.2 Å². The lowest BCUT2D eigenvalue weighted by Gasteiger charge is -2.28. The molecule has 0 aliphatic carbocycles. The van der Waals surface area contributed by atoms with Gasteiger partial charge in [-0.05, 0) is 41.5 Å². The van der Waals surface area contributed by atoms with Gasteiger partial charge in [0.2, 0.25) is 0 Å². The summed E-state index contributed by atoms with van der Waals surface area (Å²) in [6.45, 7) is 9.40. The highest BCUT2D eigenvalue weighted by molar-refractivity contribution is 6.09. The third-order valence-corrected chi connectivity index (χ3v) is 3.21. The molecule has 2 heterocycles. The van der Waals surface area contributed by atoms with Gasteiger partial charge in [0.05, 0.1) is 11.9 Å². The van der Waals surface area contributed by atoms with E-state index in [1.54, 1.807) is 41.5 Å². The van der Waals surface area contributed by atoms with Crippen LogP contribution in [0.25, 0.3) is 11.3 Å². The van der Waals surface area contributed by atoms with Crippen LogP contribution in [-0.2, 0) is 9.47 Å². The van der Waals surface area contributed by atoms with E-state index >= 15 is 0 Å². The zero-order valence-corrected chi connectivity index (χ0v) is 17.5. The third kappa shape index (κ3) is 6.13. The predicted octanol–water partition coefficient (Wildman–Crippen LogP) is 4.55. The van der Waals surface area contributed by atoms with Crippen LogP contribution >= 0.6 is 0 Å². The number of rotatable bonds is 3. The first kappa shape index (κ1) is 23.0. The molecular formula is C19H23F2N5O4. The molecule has 0 radical (unpaired) electrons. The van der Waals surface area contributed by atoms with Gasteiger partial charge in [-0.1, -0.05) is 0 Å². The molecule has 162 valence electrons. The molecule has 2 aromatic heterocycles. The summed E-state index contributed by atoms with van der Waals surface area (Å²) in [4.78, 5) is 41.1. The zero-order chi connectivity index (χ0) is 22.7. The Morgan fingerprint density at radius 2 is 1.43 bits per heavy atom. The molecule has 0 spiro atoms. The van der Waals surface area contributed by atoms with Gasteiger partial charge in [0.1, 0.15) is 17.5 Å². The van der Waals surface area contributed by atoms with Gasteiger partial charge >= 0.3 is 12.2 Å². The van der Waals surface area contributed by atoms with E-state index in [0.717, 1.165) is 6.20 Å². The average Bonchev–Trinajstić information content (AvgIpc) is 2.59. The molecule has 2 rings (SSSR count). The van der Waals surface area contributed by atoms with E-state index < -0.39 is 41.3 Å². The van der Waals surface area contributed by atoms with Crippen molar-refractivity contribution in [3.63, 3.8) is 0 Å². The summed E-state index contributed by atoms with van der Waals surface area (Å²) in [6, 6.07) is 0. The van der Waals surface area contributed by atoms with Crippen molar-refractivity contribution in [3.8, 4) is 11.3 Å². The molecule has 0 aliphatic heterocycles. The van der Waals surface area contributed by atoms with Crippen molar-refractivity contribution in [1.29, 1.82) is 0 Å². The van der Waals surface area contributed by atoms with Gasteiger partial charge in [-0.15, -0.1) is 0 Å². The Bertz CT molecular complexity index is 883. The minimum atomic E-state index is -3.15. The first-order valence-corrected chi connectivity index (χ1v) is 8.95. The van der Waals surface area contributed by atoms with Gasteiger partial charge < -0.3 is 9.47 Å². The van der Waals surface area contributed by atoms with Crippen molar-refractivity contribution in [3.05, 3.63) is 30.6 Å². The minimum absolute atomic E-state index is 0.0444. The molecule has 0 unspecified atom stereocenters. The largest absolute Gasteiger partial charge is 0.443 e. The van der Waals surface area contributed by atoms with E-state index in [4.69, 9.17) is 9.47 Å². The molecule has 0 atom stereocenters. The number of carbonyl (C=O) groups is 2. The fourth-order valence-corrected chi connectivity index (χ4v) is 2.15. The quantitative estimate of drug-likeness (QED) is 0.708. The standard InChI is InChI=1S/C19H23F2N5O4/c1-18(2,3)29-16(27)26(17(28)30-19(4,5)6)15-13(14(20)21)25-12(9-24-15)11-7-22-10-23-8-11/h7-10,14H,1-6H3. The van der Waals surface area contributed by atoms with Crippen molar-refractivity contribution in [2.75, 3.05) is 4.90 Å². The Kier molecular flexibility index (Phi) is 6.63. The fourth-order valence-electron chi connectivity index (χ4n) is 2.15. The first-order valence-electron chi connectivity index (χ1n) is 8.95. The second-order valence-corrected chi connectivity index (χ2v) is 8.19. The summed E-state index contributed by atoms with van der Waals surface area (Å²) in [6.07, 6.45) is -0.457. The monoisotopic (exact) mass is 423 g/mol. The van der Waals surface area contributed by atoms with Crippen LogP contribution in [0.15, 0.2) is 24.9 Å². The Labute approximate surface area is 172 Å². The molecule has 0 aliphatic rings. The normalized spacial score (nSPS) is 11.9. The van der Waals surface area contributed by atoms with E-state index in [1.165, 1.54) is 18.7 Å². The highest BCUT2D eigenvalue weighted by Gasteiger charge is 2.37. The van der Waals surface area contributed by atoms with Gasteiger partial charge in [0.15, 0.2) is 11.5 Å². The smallest absolute Gasteiger partial charge is 0.425 e. The summed E-state index contributed by atoms with van der Waals surface area (Å²) < 4.78 is 38.0. The van der Waals surface area contributed by atoms with Gasteiger partial charge in [-0.3, -0.25) is 0 Å². The molecule has 11 heteroatoms. The predicted molar refractivity (Wildman–Crippen MR) is 103 cm³/mol. The number of hydrogen-bond acceptors (Lipinski definition) is 8. The summed E-state index contributed by atoms with van der Waals surface area (Å²) in [5, 5.41) is 0. The fraction of sp³-hybridized carbons (Fsp3) is 0.474. The number of imide groups is 1. The lowest BCUT2D eigenvalue weighted by molar-refractivity contribution is 0.0426. The summed E-state index contributed by atoms with van der Waals surface area (Å²) in [5.74, 6) is -0.686. The van der Waals surface area contributed by atoms with Crippen LogP contribution in [-0.4, -0.2) is 43.3 Å². The molecule has 0 fully saturated rings. The van der Waals surface area contributed by atoms with Crippen LogP contribution in [0, 0.1) is 0 Å². The number of nitrogens with zero attached hydrogens (tertiary/aromatic N) is 5. The van der Waals surface area contributed by atoms with Gasteiger partial charge in [0, 0.05) is 18.0 Å². The third-order valence-electron chi connectivity index (χ3n) is 3.21. The van der Waals surface area contributed by atoms with Crippen LogP contribution in [0.3, 0.4) is 0 Å². The second-order valence-electron chi connectivity index (χ2n) is 8.19. The number of carbonyl (C=O) groups excluding carboxylic acids is 2. The Morgan fingerprint density at radius 3 is 1.87 bits per heavy atom. The van der Waals surface area contributed by atoms with E-state index in [2.05, 4.69) is 19.9 Å². The average molecular weight is 423 g/mol. The zero-order valence-electron chi connectivity index (χ0n) is 17.5. The molecule has 0 aromatic carbocycles. The van der Waals surface area contributed by atoms with Crippen LogP contribution in [0.5, 0.6) is 0 Å². The maximum absolute atomic E-state index is 13.8. The molecule has 0 saturated heterocycles. The lowest BCUT2D eigenvalue weighted by Crippen LogP contribution is -2.44. The number of halogens is 2. The summed E-state index contributed by atoms with van der Waals surface area (Å²) >= 11 is 0. The first-order chi connectivity index (χ1) is 13.8. The van der Waals surface area contributed by atoms with Crippen LogP contribution in [0.1, 0.15) is 53.7 Å². The van der Waals surface area contributed by atoms with E-state index in [1.807, 2.05) is 0 Å². The Balaban J connectivity index is 2.58. The van der Waals surface area contributed by atoms with E-state index in [9.17, 15) is 18.4 Å². The number of alkyl halides is 2. The minimum Gasteiger partial charge on any atom is -0.443 e. The van der Waals surface area contributed by atoms with Crippen LogP contribution in [0.2, 0.25) is 0 Å². The lowest BCUT2D eigenvalue weighted by atomic mass is 10.2. The van der Waals surface area contributed by atoms with E-state index in [-0.39, 0.29) is 5.69 Å². The molecular weight excluding hydrogens is 400 g/mol. The van der Waals surface area contributed by atoms with Crippen LogP contribution < -0.4 is 4.90 Å². The topological polar surface area (TPSA) is 107 Å². The maximum atomic E-state index is 13.8. The molecule has 0 bridgehead atoms. The molecule has 30 heavy (non-hydrogen) atoms. The number of aromatic nitrogens is 4. The number of amides is 2. The number of hydrogen-bond donors (Lipinski definition) is 0. The van der Waals surface area contributed by atoms with Crippen molar-refractivity contribution in [2.24, 2.45) is 0 Å². The molecule has 2 amide bonds. The van der Waals surface area contributed by atoms with Crippen molar-refractivity contribution < 1.29 is 27.8 Å². The molecule has 2 aromatic rings. The van der Waals surface area contributed by atoms with Crippen molar-refractivity contribution in [1.82, 2.24) is 19.9 Å². The molecule has 0 saturated carbocycles. The van der Waals surface area contributed by atoms with Gasteiger partial charge in [-0.25, -0.2) is 38.3 Å². The Morgan fingerprint density at radius 1 is 0.933 bits per heavy atom. The number of anilines is 1. The molecule has 0 N–H and O–H groups in total. The highest BCUT2D eigenvalue weighted by Crippen LogP contribution is 2.31. The maximum Gasteiger partial charge on any atom is 0.425 e. The Hall–Kier alpha value is -3.24. The van der Waals surface area contributed by atoms with Gasteiger partial charge in [-0.2, -0.15) is 4.90 Å². The SMILES string of the molecule is CC(C)(C)OC(=O)N(C(=O)OC(C)(C)C)c1ncc(-c2cncnc2)nc1C(F)F. The summed E-state index contributed by atoms with van der Waals surface area (Å²) in [7, 11) is 0.